The molecule has 0 spiro atoms. The van der Waals surface area contributed by atoms with E-state index in [0.29, 0.717) is 37.6 Å². The van der Waals surface area contributed by atoms with E-state index in [1.54, 1.807) is 36.4 Å². The molecule has 2 N–H and O–H groups in total. The zero-order chi connectivity index (χ0) is 15.0. The molecule has 3 aromatic rings. The van der Waals surface area contributed by atoms with Crippen molar-refractivity contribution in [2.75, 3.05) is 5.73 Å². The van der Waals surface area contributed by atoms with Crippen LogP contribution < -0.4 is 5.73 Å². The van der Waals surface area contributed by atoms with Gasteiger partial charge >= 0.3 is 0 Å². The van der Waals surface area contributed by atoms with Crippen molar-refractivity contribution < 1.29 is 8.63 Å². The van der Waals surface area contributed by atoms with Crippen LogP contribution in [-0.2, 0) is 16.6 Å². The summed E-state index contributed by atoms with van der Waals surface area (Å²) >= 11 is 11.9. The lowest BCUT2D eigenvalue weighted by Crippen LogP contribution is -1.98. The predicted octanol–water partition coefficient (Wildman–Crippen LogP) is 4.02. The van der Waals surface area contributed by atoms with Crippen LogP contribution in [0.3, 0.4) is 0 Å². The lowest BCUT2D eigenvalue weighted by Gasteiger charge is -2.03. The summed E-state index contributed by atoms with van der Waals surface area (Å²) in [6.45, 7) is 0. The number of benzene rings is 2. The first kappa shape index (κ1) is 14.4. The van der Waals surface area contributed by atoms with Gasteiger partial charge in [0.15, 0.2) is 5.58 Å². The molecular formula is C14H10Cl2N2O2S. The molecular weight excluding hydrogens is 331 g/mol. The van der Waals surface area contributed by atoms with Crippen LogP contribution in [0.5, 0.6) is 0 Å². The maximum Gasteiger partial charge on any atom is 0.208 e. The highest BCUT2D eigenvalue weighted by Gasteiger charge is 2.15. The van der Waals surface area contributed by atoms with Crippen LogP contribution >= 0.6 is 23.2 Å². The fourth-order valence-electron chi connectivity index (χ4n) is 1.92. The Morgan fingerprint density at radius 1 is 1.24 bits per heavy atom. The number of aromatic nitrogens is 1. The van der Waals surface area contributed by atoms with Crippen LogP contribution in [-0.4, -0.2) is 9.19 Å². The van der Waals surface area contributed by atoms with Gasteiger partial charge in [-0.2, -0.15) is 0 Å². The number of oxazole rings is 1. The van der Waals surface area contributed by atoms with Crippen molar-refractivity contribution in [3.8, 4) is 0 Å². The number of rotatable bonds is 3. The topological polar surface area (TPSA) is 69.1 Å². The van der Waals surface area contributed by atoms with Crippen molar-refractivity contribution in [2.45, 2.75) is 10.6 Å². The Morgan fingerprint density at radius 2 is 2.05 bits per heavy atom. The molecule has 0 saturated carbocycles. The van der Waals surface area contributed by atoms with E-state index in [2.05, 4.69) is 4.98 Å². The maximum absolute atomic E-state index is 12.4. The van der Waals surface area contributed by atoms with Gasteiger partial charge in [0.05, 0.1) is 26.4 Å². The van der Waals surface area contributed by atoms with E-state index in [9.17, 15) is 4.21 Å². The van der Waals surface area contributed by atoms with E-state index in [1.807, 2.05) is 0 Å². The minimum absolute atomic E-state index is 0.105. The molecule has 2 aromatic carbocycles. The average molecular weight is 341 g/mol. The minimum Gasteiger partial charge on any atom is -0.440 e. The van der Waals surface area contributed by atoms with E-state index < -0.39 is 10.8 Å². The molecule has 1 atom stereocenters. The summed E-state index contributed by atoms with van der Waals surface area (Å²) in [6.07, 6.45) is 0. The molecule has 0 saturated heterocycles. The number of para-hydroxylation sites is 1. The first-order valence-corrected chi connectivity index (χ1v) is 8.09. The molecule has 21 heavy (non-hydrogen) atoms. The van der Waals surface area contributed by atoms with Gasteiger partial charge in [-0.3, -0.25) is 4.21 Å². The van der Waals surface area contributed by atoms with Gasteiger partial charge in [0.25, 0.3) is 0 Å². The van der Waals surface area contributed by atoms with Gasteiger partial charge in [-0.25, -0.2) is 4.98 Å². The second kappa shape index (κ2) is 5.67. The zero-order valence-corrected chi connectivity index (χ0v) is 13.0. The van der Waals surface area contributed by atoms with Crippen molar-refractivity contribution in [3.05, 3.63) is 52.3 Å². The maximum atomic E-state index is 12.4. The summed E-state index contributed by atoms with van der Waals surface area (Å²) in [6, 6.07) is 10.1. The van der Waals surface area contributed by atoms with E-state index in [0.717, 1.165) is 0 Å². The summed E-state index contributed by atoms with van der Waals surface area (Å²) in [7, 11) is -1.40. The smallest absolute Gasteiger partial charge is 0.208 e. The van der Waals surface area contributed by atoms with Crippen LogP contribution in [0.15, 0.2) is 45.7 Å². The van der Waals surface area contributed by atoms with E-state index in [1.165, 1.54) is 0 Å². The number of nitrogen functional groups attached to an aromatic ring is 1. The second-order valence-corrected chi connectivity index (χ2v) is 6.63. The Kier molecular flexibility index (Phi) is 3.89. The summed E-state index contributed by atoms with van der Waals surface area (Å²) in [5.41, 5.74) is 7.48. The highest BCUT2D eigenvalue weighted by molar-refractivity contribution is 7.84. The number of hydrogen-bond acceptors (Lipinski definition) is 4. The van der Waals surface area contributed by atoms with Gasteiger partial charge in [0.1, 0.15) is 11.3 Å². The van der Waals surface area contributed by atoms with Gasteiger partial charge in [0, 0.05) is 5.02 Å². The van der Waals surface area contributed by atoms with Crippen molar-refractivity contribution in [3.63, 3.8) is 0 Å². The van der Waals surface area contributed by atoms with Crippen LogP contribution in [0, 0.1) is 0 Å². The third-order valence-corrected chi connectivity index (χ3v) is 4.90. The van der Waals surface area contributed by atoms with Crippen molar-refractivity contribution in [1.82, 2.24) is 4.98 Å². The fourth-order valence-corrected chi connectivity index (χ4v) is 3.58. The summed E-state index contributed by atoms with van der Waals surface area (Å²) in [5, 5.41) is 0.873. The molecule has 3 rings (SSSR count). The van der Waals surface area contributed by atoms with Crippen LogP contribution in [0.2, 0.25) is 10.0 Å². The third kappa shape index (κ3) is 2.90. The zero-order valence-electron chi connectivity index (χ0n) is 10.7. The normalized spacial score (nSPS) is 12.7. The number of nitrogens with two attached hydrogens (primary N) is 1. The Hall–Kier alpha value is -1.56. The number of nitrogens with zero attached hydrogens (tertiary/aromatic N) is 1. The largest absolute Gasteiger partial charge is 0.440 e. The lowest BCUT2D eigenvalue weighted by molar-refractivity contribution is 0.552. The standard InChI is InChI=1S/C14H10Cl2N2O2S/c15-8-4-5-9(16)12(6-8)21(19)7-13-18-14-10(17)2-1-3-11(14)20-13/h1-6H,7,17H2. The molecule has 0 radical (unpaired) electrons. The monoisotopic (exact) mass is 340 g/mol. The molecule has 1 unspecified atom stereocenters. The Labute approximate surface area is 133 Å². The predicted molar refractivity (Wildman–Crippen MR) is 85.0 cm³/mol. The second-order valence-electron chi connectivity index (χ2n) is 4.37. The molecule has 0 bridgehead atoms. The summed E-state index contributed by atoms with van der Waals surface area (Å²) in [5.74, 6) is 0.450. The van der Waals surface area contributed by atoms with Crippen molar-refractivity contribution >= 4 is 50.8 Å². The van der Waals surface area contributed by atoms with Gasteiger partial charge in [0.2, 0.25) is 5.89 Å². The van der Waals surface area contributed by atoms with Crippen LogP contribution in [0.1, 0.15) is 5.89 Å². The van der Waals surface area contributed by atoms with E-state index >= 15 is 0 Å². The van der Waals surface area contributed by atoms with Crippen molar-refractivity contribution in [2.24, 2.45) is 0 Å². The van der Waals surface area contributed by atoms with E-state index in [-0.39, 0.29) is 5.75 Å². The number of hydrogen-bond donors (Lipinski definition) is 1. The van der Waals surface area contributed by atoms with Crippen molar-refractivity contribution in [1.29, 1.82) is 0 Å². The SMILES string of the molecule is Nc1cccc2oc(CS(=O)c3cc(Cl)ccc3Cl)nc12. The molecule has 0 aliphatic rings. The summed E-state index contributed by atoms with van der Waals surface area (Å²) < 4.78 is 17.9. The molecule has 0 aliphatic carbocycles. The molecule has 108 valence electrons. The molecule has 0 fully saturated rings. The van der Waals surface area contributed by atoms with Gasteiger partial charge in [-0.15, -0.1) is 0 Å². The third-order valence-electron chi connectivity index (χ3n) is 2.89. The minimum atomic E-state index is -1.40. The lowest BCUT2D eigenvalue weighted by atomic mass is 10.3. The number of halogens is 2. The molecule has 0 amide bonds. The Bertz CT molecular complexity index is 848. The van der Waals surface area contributed by atoms with Crippen LogP contribution in [0.4, 0.5) is 5.69 Å². The first-order chi connectivity index (χ1) is 10.0. The highest BCUT2D eigenvalue weighted by Crippen LogP contribution is 2.27. The highest BCUT2D eigenvalue weighted by atomic mass is 35.5. The molecule has 1 heterocycles. The quantitative estimate of drug-likeness (QED) is 0.731. The Morgan fingerprint density at radius 3 is 2.81 bits per heavy atom. The van der Waals surface area contributed by atoms with Gasteiger partial charge < -0.3 is 10.2 Å². The number of fused-ring (bicyclic) bond motifs is 1. The first-order valence-electron chi connectivity index (χ1n) is 6.02. The van der Waals surface area contributed by atoms with Gasteiger partial charge in [-0.05, 0) is 30.3 Å². The van der Waals surface area contributed by atoms with E-state index in [4.69, 9.17) is 33.4 Å². The Balaban J connectivity index is 1.93. The fraction of sp³-hybridized carbons (Fsp3) is 0.0714. The van der Waals surface area contributed by atoms with Crippen LogP contribution in [0.25, 0.3) is 11.1 Å². The number of anilines is 1. The molecule has 4 nitrogen and oxygen atoms in total. The average Bonchev–Trinajstić information content (AvgIpc) is 2.85. The summed E-state index contributed by atoms with van der Waals surface area (Å²) in [4.78, 5) is 4.73. The molecule has 7 heteroatoms. The molecule has 1 aromatic heterocycles. The molecule has 0 aliphatic heterocycles. The van der Waals surface area contributed by atoms with Gasteiger partial charge in [-0.1, -0.05) is 29.3 Å².